The number of carbonyl (C=O) groups is 1. The Morgan fingerprint density at radius 2 is 1.59 bits per heavy atom. The second kappa shape index (κ2) is 7.85. The fraction of sp³-hybridized carbons (Fsp3) is 0.348. The van der Waals surface area contributed by atoms with E-state index in [-0.39, 0.29) is 12.0 Å². The van der Waals surface area contributed by atoms with Crippen molar-refractivity contribution in [1.29, 1.82) is 0 Å². The molecule has 0 radical (unpaired) electrons. The third-order valence-corrected chi connectivity index (χ3v) is 5.54. The lowest BCUT2D eigenvalue weighted by molar-refractivity contribution is 0.0751. The standard InChI is InChI=1S/C23H24N2O2/c1-2-3-12-24-13-15-25(16-14-24)23(26)27-17-22-20-10-6-4-8-18(20)19-9-5-7-11-21(19)22/h1,4-11,22H,3,12-17H2. The largest absolute Gasteiger partial charge is 0.448 e. The minimum atomic E-state index is -0.214. The molecule has 1 heterocycles. The second-order valence-electron chi connectivity index (χ2n) is 7.09. The summed E-state index contributed by atoms with van der Waals surface area (Å²) >= 11 is 0. The molecule has 0 bridgehead atoms. The van der Waals surface area contributed by atoms with Crippen molar-refractivity contribution < 1.29 is 9.53 Å². The molecule has 2 aliphatic rings. The number of nitrogens with zero attached hydrogens (tertiary/aromatic N) is 2. The number of terminal acetylenes is 1. The lowest BCUT2D eigenvalue weighted by atomic mass is 9.98. The highest BCUT2D eigenvalue weighted by Crippen LogP contribution is 2.44. The van der Waals surface area contributed by atoms with Gasteiger partial charge in [0.1, 0.15) is 6.61 Å². The van der Waals surface area contributed by atoms with Crippen molar-refractivity contribution >= 4 is 6.09 Å². The van der Waals surface area contributed by atoms with Crippen molar-refractivity contribution in [3.63, 3.8) is 0 Å². The van der Waals surface area contributed by atoms with Crippen molar-refractivity contribution in [2.45, 2.75) is 12.3 Å². The molecule has 4 nitrogen and oxygen atoms in total. The SMILES string of the molecule is C#CCCN1CCN(C(=O)OCC2c3ccccc3-c3ccccc32)CC1. The number of piperazine rings is 1. The average molecular weight is 360 g/mol. The van der Waals surface area contributed by atoms with Gasteiger partial charge in [0, 0.05) is 45.1 Å². The molecule has 0 unspecified atom stereocenters. The van der Waals surface area contributed by atoms with Gasteiger partial charge in [0.2, 0.25) is 0 Å². The van der Waals surface area contributed by atoms with Crippen molar-refractivity contribution in [2.75, 3.05) is 39.3 Å². The highest BCUT2D eigenvalue weighted by Gasteiger charge is 2.30. The summed E-state index contributed by atoms with van der Waals surface area (Å²) in [5, 5.41) is 0. The van der Waals surface area contributed by atoms with Crippen molar-refractivity contribution in [3.05, 3.63) is 59.7 Å². The molecule has 1 fully saturated rings. The normalized spacial score (nSPS) is 16.5. The molecule has 4 heteroatoms. The van der Waals surface area contributed by atoms with Crippen LogP contribution in [0.2, 0.25) is 0 Å². The van der Waals surface area contributed by atoms with Gasteiger partial charge in [-0.25, -0.2) is 4.79 Å². The first-order valence-corrected chi connectivity index (χ1v) is 9.53. The third-order valence-electron chi connectivity index (χ3n) is 5.54. The summed E-state index contributed by atoms with van der Waals surface area (Å²) in [5.41, 5.74) is 4.98. The summed E-state index contributed by atoms with van der Waals surface area (Å²) in [7, 11) is 0. The van der Waals surface area contributed by atoms with Crippen molar-refractivity contribution in [1.82, 2.24) is 9.80 Å². The number of carbonyl (C=O) groups excluding carboxylic acids is 1. The van der Waals surface area contributed by atoms with E-state index in [0.29, 0.717) is 19.7 Å². The van der Waals surface area contributed by atoms with Gasteiger partial charge < -0.3 is 9.64 Å². The van der Waals surface area contributed by atoms with Gasteiger partial charge >= 0.3 is 6.09 Å². The minimum Gasteiger partial charge on any atom is -0.448 e. The molecule has 4 rings (SSSR count). The van der Waals surface area contributed by atoms with Gasteiger partial charge in [-0.15, -0.1) is 12.3 Å². The van der Waals surface area contributed by atoms with E-state index in [2.05, 4.69) is 59.4 Å². The van der Waals surface area contributed by atoms with Crippen LogP contribution in [-0.2, 0) is 4.74 Å². The summed E-state index contributed by atoms with van der Waals surface area (Å²) in [6.45, 7) is 4.37. The summed E-state index contributed by atoms with van der Waals surface area (Å²) < 4.78 is 5.73. The minimum absolute atomic E-state index is 0.110. The Morgan fingerprint density at radius 1 is 1.00 bits per heavy atom. The van der Waals surface area contributed by atoms with E-state index in [1.54, 1.807) is 4.90 Å². The fourth-order valence-corrected chi connectivity index (χ4v) is 4.06. The number of benzene rings is 2. The molecule has 2 aromatic rings. The molecule has 138 valence electrons. The van der Waals surface area contributed by atoms with E-state index in [0.717, 1.165) is 26.1 Å². The van der Waals surface area contributed by atoms with E-state index < -0.39 is 0 Å². The first-order chi connectivity index (χ1) is 13.3. The summed E-state index contributed by atoms with van der Waals surface area (Å²) in [5.74, 6) is 2.78. The van der Waals surface area contributed by atoms with Crippen LogP contribution < -0.4 is 0 Å². The van der Waals surface area contributed by atoms with Crippen molar-refractivity contribution in [2.24, 2.45) is 0 Å². The van der Waals surface area contributed by atoms with Crippen LogP contribution in [0.1, 0.15) is 23.5 Å². The molecule has 27 heavy (non-hydrogen) atoms. The zero-order valence-corrected chi connectivity index (χ0v) is 15.4. The zero-order chi connectivity index (χ0) is 18.6. The molecule has 0 spiro atoms. The molecule has 1 aliphatic carbocycles. The smallest absolute Gasteiger partial charge is 0.409 e. The zero-order valence-electron chi connectivity index (χ0n) is 15.4. The van der Waals surface area contributed by atoms with Crippen LogP contribution in [0.4, 0.5) is 4.79 Å². The van der Waals surface area contributed by atoms with Crippen LogP contribution >= 0.6 is 0 Å². The molecule has 1 amide bonds. The molecule has 1 aliphatic heterocycles. The van der Waals surface area contributed by atoms with E-state index in [4.69, 9.17) is 11.2 Å². The van der Waals surface area contributed by atoms with Gasteiger partial charge in [0.25, 0.3) is 0 Å². The van der Waals surface area contributed by atoms with Gasteiger partial charge in [-0.2, -0.15) is 0 Å². The highest BCUT2D eigenvalue weighted by atomic mass is 16.6. The third kappa shape index (κ3) is 3.56. The quantitative estimate of drug-likeness (QED) is 0.782. The van der Waals surface area contributed by atoms with Crippen LogP contribution in [0.5, 0.6) is 0 Å². The monoisotopic (exact) mass is 360 g/mol. The van der Waals surface area contributed by atoms with E-state index in [1.807, 2.05) is 0 Å². The Kier molecular flexibility index (Phi) is 5.13. The van der Waals surface area contributed by atoms with E-state index in [1.165, 1.54) is 22.3 Å². The Labute approximate surface area is 160 Å². The van der Waals surface area contributed by atoms with Crippen LogP contribution in [-0.4, -0.2) is 55.2 Å². The van der Waals surface area contributed by atoms with E-state index >= 15 is 0 Å². The molecular formula is C23H24N2O2. The lowest BCUT2D eigenvalue weighted by Gasteiger charge is -2.34. The van der Waals surface area contributed by atoms with Crippen LogP contribution in [0.15, 0.2) is 48.5 Å². The molecule has 2 aromatic carbocycles. The number of rotatable bonds is 4. The fourth-order valence-electron chi connectivity index (χ4n) is 4.06. The van der Waals surface area contributed by atoms with Crippen molar-refractivity contribution in [3.8, 4) is 23.5 Å². The Balaban J connectivity index is 1.38. The molecule has 0 aromatic heterocycles. The average Bonchev–Trinajstić information content (AvgIpc) is 3.05. The number of hydrogen-bond acceptors (Lipinski definition) is 3. The Hall–Kier alpha value is -2.77. The molecular weight excluding hydrogens is 336 g/mol. The summed E-state index contributed by atoms with van der Waals surface area (Å²) in [6, 6.07) is 16.8. The lowest BCUT2D eigenvalue weighted by Crippen LogP contribution is -2.49. The molecule has 0 saturated carbocycles. The van der Waals surface area contributed by atoms with Gasteiger partial charge in [-0.1, -0.05) is 48.5 Å². The summed E-state index contributed by atoms with van der Waals surface area (Å²) in [6.07, 6.45) is 5.87. The number of fused-ring (bicyclic) bond motifs is 3. The van der Waals surface area contributed by atoms with Gasteiger partial charge in [0.05, 0.1) is 0 Å². The second-order valence-corrected chi connectivity index (χ2v) is 7.09. The molecule has 0 N–H and O–H groups in total. The summed E-state index contributed by atoms with van der Waals surface area (Å²) in [4.78, 5) is 16.7. The van der Waals surface area contributed by atoms with Gasteiger partial charge in [-0.3, -0.25) is 4.90 Å². The topological polar surface area (TPSA) is 32.8 Å². The first-order valence-electron chi connectivity index (χ1n) is 9.53. The van der Waals surface area contributed by atoms with Crippen LogP contribution in [0, 0.1) is 12.3 Å². The van der Waals surface area contributed by atoms with Gasteiger partial charge in [0.15, 0.2) is 0 Å². The Morgan fingerprint density at radius 3 is 2.19 bits per heavy atom. The van der Waals surface area contributed by atoms with E-state index in [9.17, 15) is 4.79 Å². The number of amides is 1. The predicted octanol–water partition coefficient (Wildman–Crippen LogP) is 3.58. The predicted molar refractivity (Wildman–Crippen MR) is 107 cm³/mol. The van der Waals surface area contributed by atoms with Gasteiger partial charge in [-0.05, 0) is 22.3 Å². The van der Waals surface area contributed by atoms with Crippen LogP contribution in [0.3, 0.4) is 0 Å². The maximum absolute atomic E-state index is 12.6. The number of ether oxygens (including phenoxy) is 1. The number of hydrogen-bond donors (Lipinski definition) is 0. The molecule has 0 atom stereocenters. The first kappa shape index (κ1) is 17.6. The molecule has 1 saturated heterocycles. The Bertz CT molecular complexity index is 817. The maximum atomic E-state index is 12.6. The van der Waals surface area contributed by atoms with Crippen LogP contribution in [0.25, 0.3) is 11.1 Å². The highest BCUT2D eigenvalue weighted by molar-refractivity contribution is 5.79. The maximum Gasteiger partial charge on any atom is 0.409 e.